The zero-order chi connectivity index (χ0) is 11.5. The van der Waals surface area contributed by atoms with E-state index in [9.17, 15) is 4.79 Å². The zero-order valence-electron chi connectivity index (χ0n) is 10.1. The molecule has 4 heteroatoms. The van der Waals surface area contributed by atoms with Gasteiger partial charge in [0.05, 0.1) is 6.04 Å². The molecule has 4 nitrogen and oxygen atoms in total. The minimum absolute atomic E-state index is 0.153. The lowest BCUT2D eigenvalue weighted by atomic mass is 10.2. The number of hydrogen-bond acceptors (Lipinski definition) is 3. The summed E-state index contributed by atoms with van der Waals surface area (Å²) in [6.45, 7) is 4.06. The van der Waals surface area contributed by atoms with Crippen molar-refractivity contribution in [2.45, 2.75) is 57.2 Å². The molecule has 1 unspecified atom stereocenters. The third-order valence-corrected chi connectivity index (χ3v) is 3.35. The summed E-state index contributed by atoms with van der Waals surface area (Å²) in [5.74, 6) is -0.200. The molecule has 1 atom stereocenters. The smallest absolute Gasteiger partial charge is 0.235 e. The molecule has 2 aliphatic rings. The normalized spacial score (nSPS) is 22.4. The van der Waals surface area contributed by atoms with Crippen molar-refractivity contribution in [2.75, 3.05) is 13.1 Å². The molecule has 3 N–H and O–H groups in total. The van der Waals surface area contributed by atoms with Crippen molar-refractivity contribution in [3.8, 4) is 0 Å². The van der Waals surface area contributed by atoms with Crippen molar-refractivity contribution in [1.29, 1.82) is 0 Å². The standard InChI is InChI=1S/C12H23N3O/c1-2-7-15(10-5-6-10)8-11(12(13)16)14-9-3-4-9/h9-11,14H,2-8H2,1H3,(H2,13,16). The van der Waals surface area contributed by atoms with Crippen LogP contribution in [0.2, 0.25) is 0 Å². The van der Waals surface area contributed by atoms with Gasteiger partial charge in [0, 0.05) is 18.6 Å². The first-order valence-electron chi connectivity index (χ1n) is 6.50. The molecule has 2 fully saturated rings. The predicted molar refractivity (Wildman–Crippen MR) is 64.0 cm³/mol. The second kappa shape index (κ2) is 5.15. The van der Waals surface area contributed by atoms with Gasteiger partial charge in [-0.05, 0) is 38.6 Å². The molecular formula is C12H23N3O. The summed E-state index contributed by atoms with van der Waals surface area (Å²) in [6.07, 6.45) is 6.11. The number of amides is 1. The van der Waals surface area contributed by atoms with Gasteiger partial charge in [0.2, 0.25) is 5.91 Å². The Morgan fingerprint density at radius 3 is 2.56 bits per heavy atom. The molecule has 0 heterocycles. The number of nitrogens with zero attached hydrogens (tertiary/aromatic N) is 1. The Morgan fingerprint density at radius 2 is 2.12 bits per heavy atom. The van der Waals surface area contributed by atoms with Crippen molar-refractivity contribution in [3.63, 3.8) is 0 Å². The highest BCUT2D eigenvalue weighted by molar-refractivity contribution is 5.80. The molecule has 0 radical (unpaired) electrons. The Kier molecular flexibility index (Phi) is 3.82. The van der Waals surface area contributed by atoms with Gasteiger partial charge < -0.3 is 11.1 Å². The van der Waals surface area contributed by atoms with Gasteiger partial charge in [0.15, 0.2) is 0 Å². The van der Waals surface area contributed by atoms with E-state index < -0.39 is 0 Å². The highest BCUT2D eigenvalue weighted by Crippen LogP contribution is 2.27. The van der Waals surface area contributed by atoms with Crippen molar-refractivity contribution in [1.82, 2.24) is 10.2 Å². The maximum Gasteiger partial charge on any atom is 0.235 e. The second-order valence-electron chi connectivity index (χ2n) is 5.12. The van der Waals surface area contributed by atoms with Crippen LogP contribution >= 0.6 is 0 Å². The van der Waals surface area contributed by atoms with Crippen molar-refractivity contribution in [2.24, 2.45) is 5.73 Å². The molecule has 0 aliphatic heterocycles. The molecule has 0 aromatic carbocycles. The van der Waals surface area contributed by atoms with Crippen LogP contribution in [-0.2, 0) is 4.79 Å². The van der Waals surface area contributed by atoms with Gasteiger partial charge in [0.1, 0.15) is 0 Å². The summed E-state index contributed by atoms with van der Waals surface area (Å²) in [5, 5.41) is 3.35. The highest BCUT2D eigenvalue weighted by atomic mass is 16.1. The Labute approximate surface area is 97.6 Å². The van der Waals surface area contributed by atoms with E-state index in [2.05, 4.69) is 17.1 Å². The molecule has 2 saturated carbocycles. The fourth-order valence-corrected chi connectivity index (χ4v) is 2.14. The number of nitrogens with two attached hydrogens (primary N) is 1. The third kappa shape index (κ3) is 3.46. The van der Waals surface area contributed by atoms with E-state index in [1.807, 2.05) is 0 Å². The molecule has 0 bridgehead atoms. The molecule has 2 aliphatic carbocycles. The van der Waals surface area contributed by atoms with Crippen molar-refractivity contribution >= 4 is 5.91 Å². The molecule has 16 heavy (non-hydrogen) atoms. The van der Waals surface area contributed by atoms with E-state index in [0.29, 0.717) is 12.1 Å². The summed E-state index contributed by atoms with van der Waals surface area (Å²) in [5.41, 5.74) is 5.45. The molecule has 0 aromatic rings. The highest BCUT2D eigenvalue weighted by Gasteiger charge is 2.33. The maximum absolute atomic E-state index is 11.4. The van der Waals surface area contributed by atoms with Crippen molar-refractivity contribution < 1.29 is 4.79 Å². The van der Waals surface area contributed by atoms with E-state index >= 15 is 0 Å². The second-order valence-corrected chi connectivity index (χ2v) is 5.12. The number of rotatable bonds is 8. The van der Waals surface area contributed by atoms with E-state index in [1.165, 1.54) is 25.7 Å². The zero-order valence-corrected chi connectivity index (χ0v) is 10.1. The first kappa shape index (κ1) is 11.9. The summed E-state index contributed by atoms with van der Waals surface area (Å²) in [6, 6.07) is 1.10. The Hall–Kier alpha value is -0.610. The largest absolute Gasteiger partial charge is 0.368 e. The van der Waals surface area contributed by atoms with Gasteiger partial charge in [0.25, 0.3) is 0 Å². The summed E-state index contributed by atoms with van der Waals surface area (Å²) >= 11 is 0. The molecule has 0 aromatic heterocycles. The van der Waals surface area contributed by atoms with Gasteiger partial charge in [-0.15, -0.1) is 0 Å². The summed E-state index contributed by atoms with van der Waals surface area (Å²) in [7, 11) is 0. The fraction of sp³-hybridized carbons (Fsp3) is 0.917. The number of nitrogens with one attached hydrogen (secondary N) is 1. The average molecular weight is 225 g/mol. The summed E-state index contributed by atoms with van der Waals surface area (Å²) in [4.78, 5) is 13.8. The molecule has 92 valence electrons. The Bertz CT molecular complexity index is 249. The quantitative estimate of drug-likeness (QED) is 0.631. The van der Waals surface area contributed by atoms with Gasteiger partial charge in [-0.3, -0.25) is 9.69 Å². The van der Waals surface area contributed by atoms with E-state index in [4.69, 9.17) is 5.73 Å². The molecule has 0 saturated heterocycles. The number of primary amides is 1. The van der Waals surface area contributed by atoms with Crippen LogP contribution in [0.5, 0.6) is 0 Å². The minimum atomic E-state index is -0.200. The van der Waals surface area contributed by atoms with Crippen molar-refractivity contribution in [3.05, 3.63) is 0 Å². The summed E-state index contributed by atoms with van der Waals surface area (Å²) < 4.78 is 0. The predicted octanol–water partition coefficient (Wildman–Crippen LogP) is 0.467. The van der Waals surface area contributed by atoms with Crippen LogP contribution in [0, 0.1) is 0 Å². The number of carbonyl (C=O) groups is 1. The van der Waals surface area contributed by atoms with Crippen LogP contribution in [-0.4, -0.2) is 42.0 Å². The molecule has 0 spiro atoms. The number of hydrogen-bond donors (Lipinski definition) is 2. The minimum Gasteiger partial charge on any atom is -0.368 e. The van der Waals surface area contributed by atoms with Crippen LogP contribution in [0.4, 0.5) is 0 Å². The topological polar surface area (TPSA) is 58.4 Å². The first-order valence-corrected chi connectivity index (χ1v) is 6.50. The monoisotopic (exact) mass is 225 g/mol. The maximum atomic E-state index is 11.4. The van der Waals surface area contributed by atoms with Gasteiger partial charge >= 0.3 is 0 Å². The Balaban J connectivity index is 1.83. The lowest BCUT2D eigenvalue weighted by Gasteiger charge is -2.26. The SMILES string of the molecule is CCCN(CC(NC1CC1)C(N)=O)C1CC1. The van der Waals surface area contributed by atoms with Crippen LogP contribution < -0.4 is 11.1 Å². The fourth-order valence-electron chi connectivity index (χ4n) is 2.14. The van der Waals surface area contributed by atoms with E-state index in [1.54, 1.807) is 0 Å². The van der Waals surface area contributed by atoms with Gasteiger partial charge in [-0.25, -0.2) is 0 Å². The van der Waals surface area contributed by atoms with Crippen LogP contribution in [0.25, 0.3) is 0 Å². The van der Waals surface area contributed by atoms with Crippen LogP contribution in [0.15, 0.2) is 0 Å². The van der Waals surface area contributed by atoms with Crippen LogP contribution in [0.3, 0.4) is 0 Å². The number of carbonyl (C=O) groups excluding carboxylic acids is 1. The van der Waals surface area contributed by atoms with Gasteiger partial charge in [-0.2, -0.15) is 0 Å². The van der Waals surface area contributed by atoms with E-state index in [-0.39, 0.29) is 11.9 Å². The van der Waals surface area contributed by atoms with E-state index in [0.717, 1.165) is 19.5 Å². The molecular weight excluding hydrogens is 202 g/mol. The average Bonchev–Trinajstić information content (AvgIpc) is 3.09. The lowest BCUT2D eigenvalue weighted by molar-refractivity contribution is -0.120. The van der Waals surface area contributed by atoms with Gasteiger partial charge in [-0.1, -0.05) is 6.92 Å². The van der Waals surface area contributed by atoms with Crippen LogP contribution in [0.1, 0.15) is 39.0 Å². The lowest BCUT2D eigenvalue weighted by Crippen LogP contribution is -2.50. The first-order chi connectivity index (χ1) is 7.70. The molecule has 1 amide bonds. The molecule has 2 rings (SSSR count). The Morgan fingerprint density at radius 1 is 1.44 bits per heavy atom. The third-order valence-electron chi connectivity index (χ3n) is 3.35.